The van der Waals surface area contributed by atoms with E-state index in [2.05, 4.69) is 0 Å². The molecule has 0 bridgehead atoms. The molecule has 1 N–H and O–H groups in total. The van der Waals surface area contributed by atoms with E-state index in [0.29, 0.717) is 17.0 Å². The number of aliphatic hydroxyl groups is 1. The van der Waals surface area contributed by atoms with E-state index in [4.69, 9.17) is 4.74 Å². The number of halogens is 1. The number of hydrogen-bond donors (Lipinski definition) is 1. The van der Waals surface area contributed by atoms with Gasteiger partial charge in [0.05, 0.1) is 18.7 Å². The summed E-state index contributed by atoms with van der Waals surface area (Å²) in [7, 11) is 1.49. The summed E-state index contributed by atoms with van der Waals surface area (Å²) >= 11 is 0. The summed E-state index contributed by atoms with van der Waals surface area (Å²) in [6, 6.07) is 11.4. The van der Waals surface area contributed by atoms with E-state index < -0.39 is 28.9 Å². The van der Waals surface area contributed by atoms with E-state index in [-0.39, 0.29) is 11.4 Å². The lowest BCUT2D eigenvalue weighted by Crippen LogP contribution is -2.33. The van der Waals surface area contributed by atoms with Crippen LogP contribution in [-0.4, -0.2) is 23.9 Å². The first kappa shape index (κ1) is 19.6. The third-order valence-corrected chi connectivity index (χ3v) is 4.67. The summed E-state index contributed by atoms with van der Waals surface area (Å²) in [5.41, 5.74) is 0.110. The lowest BCUT2D eigenvalue weighted by atomic mass is 9.82. The van der Waals surface area contributed by atoms with Crippen LogP contribution in [0.5, 0.6) is 5.75 Å². The molecule has 0 radical (unpaired) electrons. The van der Waals surface area contributed by atoms with Crippen molar-refractivity contribution in [2.24, 2.45) is 5.41 Å². The van der Waals surface area contributed by atoms with Crippen molar-refractivity contribution < 1.29 is 23.8 Å². The highest BCUT2D eigenvalue weighted by atomic mass is 19.1. The second-order valence-electron chi connectivity index (χ2n) is 7.64. The van der Waals surface area contributed by atoms with Gasteiger partial charge in [0.1, 0.15) is 11.6 Å². The number of ether oxygens (including phenoxy) is 1. The van der Waals surface area contributed by atoms with Gasteiger partial charge in [-0.1, -0.05) is 39.0 Å². The van der Waals surface area contributed by atoms with Crippen molar-refractivity contribution in [2.75, 3.05) is 12.0 Å². The molecule has 0 saturated heterocycles. The molecule has 3 rings (SSSR count). The third kappa shape index (κ3) is 3.26. The molecule has 1 atom stereocenters. The molecule has 0 spiro atoms. The first-order chi connectivity index (χ1) is 13.2. The van der Waals surface area contributed by atoms with E-state index in [1.54, 1.807) is 45.0 Å². The molecule has 0 aliphatic carbocycles. The second-order valence-corrected chi connectivity index (χ2v) is 7.64. The van der Waals surface area contributed by atoms with Crippen LogP contribution in [0.3, 0.4) is 0 Å². The number of methoxy groups -OCH3 is 1. The van der Waals surface area contributed by atoms with Gasteiger partial charge in [-0.15, -0.1) is 0 Å². The number of benzene rings is 2. The van der Waals surface area contributed by atoms with Crippen LogP contribution in [0.1, 0.15) is 32.4 Å². The Balaban J connectivity index is 2.25. The van der Waals surface area contributed by atoms with Gasteiger partial charge in [0.2, 0.25) is 0 Å². The number of anilines is 1. The molecular weight excluding hydrogens is 361 g/mol. The van der Waals surface area contributed by atoms with E-state index in [1.165, 1.54) is 36.3 Å². The molecule has 2 aromatic rings. The SMILES string of the molecule is COc1ccccc1C1C(C(=O)C(C)(C)C)=C(O)C(=O)N1c1ccc(F)cc1. The number of carbonyl (C=O) groups is 2. The van der Waals surface area contributed by atoms with Crippen molar-refractivity contribution in [1.29, 1.82) is 0 Å². The molecule has 0 saturated carbocycles. The predicted molar refractivity (Wildman–Crippen MR) is 104 cm³/mol. The number of Topliss-reactive ketones (excluding diaryl/α,β-unsaturated/α-hetero) is 1. The number of para-hydroxylation sites is 1. The van der Waals surface area contributed by atoms with Gasteiger partial charge >= 0.3 is 0 Å². The molecule has 146 valence electrons. The molecule has 0 aromatic heterocycles. The number of carbonyl (C=O) groups excluding carboxylic acids is 2. The standard InChI is InChI=1S/C22H22FNO4/c1-22(2,3)20(26)17-18(15-7-5-6-8-16(15)28-4)24(21(27)19(17)25)14-11-9-13(23)10-12-14/h5-12,18,25H,1-4H3. The summed E-state index contributed by atoms with van der Waals surface area (Å²) in [6.07, 6.45) is 0. The average Bonchev–Trinajstić information content (AvgIpc) is 2.92. The second kappa shape index (κ2) is 7.11. The molecule has 1 amide bonds. The van der Waals surface area contributed by atoms with Crippen LogP contribution in [-0.2, 0) is 9.59 Å². The van der Waals surface area contributed by atoms with Gasteiger partial charge in [0, 0.05) is 16.7 Å². The monoisotopic (exact) mass is 383 g/mol. The summed E-state index contributed by atoms with van der Waals surface area (Å²) < 4.78 is 18.8. The topological polar surface area (TPSA) is 66.8 Å². The molecule has 5 nitrogen and oxygen atoms in total. The average molecular weight is 383 g/mol. The van der Waals surface area contributed by atoms with Gasteiger partial charge in [0.25, 0.3) is 5.91 Å². The third-order valence-electron chi connectivity index (χ3n) is 4.67. The van der Waals surface area contributed by atoms with E-state index >= 15 is 0 Å². The first-order valence-corrected chi connectivity index (χ1v) is 8.86. The lowest BCUT2D eigenvalue weighted by Gasteiger charge is -2.29. The van der Waals surface area contributed by atoms with E-state index in [9.17, 15) is 19.1 Å². The summed E-state index contributed by atoms with van der Waals surface area (Å²) in [6.45, 7) is 5.17. The Labute approximate surface area is 163 Å². The Morgan fingerprint density at radius 3 is 2.29 bits per heavy atom. The molecule has 1 aliphatic heterocycles. The van der Waals surface area contributed by atoms with Crippen molar-refractivity contribution in [3.05, 3.63) is 71.2 Å². The predicted octanol–water partition coefficient (Wildman–Crippen LogP) is 4.35. The minimum absolute atomic E-state index is 0.00586. The Hall–Kier alpha value is -3.15. The fourth-order valence-electron chi connectivity index (χ4n) is 3.30. The van der Waals surface area contributed by atoms with Gasteiger partial charge in [-0.05, 0) is 30.3 Å². The van der Waals surface area contributed by atoms with Gasteiger partial charge in [0.15, 0.2) is 11.5 Å². The zero-order valence-corrected chi connectivity index (χ0v) is 16.2. The maximum Gasteiger partial charge on any atom is 0.294 e. The van der Waals surface area contributed by atoms with Crippen LogP contribution in [0.4, 0.5) is 10.1 Å². The molecule has 1 unspecified atom stereocenters. The van der Waals surface area contributed by atoms with Crippen LogP contribution in [0.15, 0.2) is 59.9 Å². The summed E-state index contributed by atoms with van der Waals surface area (Å²) in [5, 5.41) is 10.6. The van der Waals surface area contributed by atoms with Gasteiger partial charge in [-0.3, -0.25) is 14.5 Å². The van der Waals surface area contributed by atoms with Crippen LogP contribution >= 0.6 is 0 Å². The zero-order chi connectivity index (χ0) is 20.6. The quantitative estimate of drug-likeness (QED) is 0.852. The highest BCUT2D eigenvalue weighted by Crippen LogP contribution is 2.45. The summed E-state index contributed by atoms with van der Waals surface area (Å²) in [4.78, 5) is 27.4. The van der Waals surface area contributed by atoms with Gasteiger partial charge in [-0.25, -0.2) is 4.39 Å². The zero-order valence-electron chi connectivity index (χ0n) is 16.2. The fraction of sp³-hybridized carbons (Fsp3) is 0.273. The number of ketones is 1. The Morgan fingerprint density at radius 1 is 1.11 bits per heavy atom. The number of rotatable bonds is 4. The van der Waals surface area contributed by atoms with Gasteiger partial charge in [-0.2, -0.15) is 0 Å². The van der Waals surface area contributed by atoms with Crippen molar-refractivity contribution in [2.45, 2.75) is 26.8 Å². The number of nitrogens with zero attached hydrogens (tertiary/aromatic N) is 1. The molecule has 0 fully saturated rings. The van der Waals surface area contributed by atoms with Crippen molar-refractivity contribution >= 4 is 17.4 Å². The largest absolute Gasteiger partial charge is 0.503 e. The minimum atomic E-state index is -0.888. The molecular formula is C22H22FNO4. The Morgan fingerprint density at radius 2 is 1.71 bits per heavy atom. The van der Waals surface area contributed by atoms with Gasteiger partial charge < -0.3 is 9.84 Å². The van der Waals surface area contributed by atoms with E-state index in [0.717, 1.165) is 0 Å². The Bertz CT molecular complexity index is 957. The minimum Gasteiger partial charge on any atom is -0.503 e. The molecule has 2 aromatic carbocycles. The number of amides is 1. The number of aliphatic hydroxyl groups excluding tert-OH is 1. The van der Waals surface area contributed by atoms with Crippen LogP contribution in [0.25, 0.3) is 0 Å². The van der Waals surface area contributed by atoms with Crippen molar-refractivity contribution in [3.8, 4) is 5.75 Å². The molecule has 28 heavy (non-hydrogen) atoms. The summed E-state index contributed by atoms with van der Waals surface area (Å²) in [5.74, 6) is -1.64. The highest BCUT2D eigenvalue weighted by molar-refractivity contribution is 6.17. The molecule has 1 aliphatic rings. The first-order valence-electron chi connectivity index (χ1n) is 8.86. The Kier molecular flexibility index (Phi) is 4.98. The molecule has 1 heterocycles. The van der Waals surface area contributed by atoms with Crippen LogP contribution < -0.4 is 9.64 Å². The lowest BCUT2D eigenvalue weighted by molar-refractivity contribution is -0.123. The maximum absolute atomic E-state index is 13.4. The normalized spacial score (nSPS) is 17.2. The van der Waals surface area contributed by atoms with Crippen LogP contribution in [0.2, 0.25) is 0 Å². The number of hydrogen-bond acceptors (Lipinski definition) is 4. The fourth-order valence-corrected chi connectivity index (χ4v) is 3.30. The smallest absolute Gasteiger partial charge is 0.294 e. The van der Waals surface area contributed by atoms with E-state index in [1.807, 2.05) is 0 Å². The van der Waals surface area contributed by atoms with Crippen molar-refractivity contribution in [3.63, 3.8) is 0 Å². The molecule has 6 heteroatoms. The maximum atomic E-state index is 13.4. The van der Waals surface area contributed by atoms with Crippen molar-refractivity contribution in [1.82, 2.24) is 0 Å². The highest BCUT2D eigenvalue weighted by Gasteiger charge is 2.47. The van der Waals surface area contributed by atoms with Crippen LogP contribution in [0, 0.1) is 11.2 Å².